The molecule has 1 aromatic rings. The number of ether oxygens (including phenoxy) is 2. The molecule has 0 radical (unpaired) electrons. The van der Waals surface area contributed by atoms with Gasteiger partial charge in [-0.2, -0.15) is 13.2 Å². The summed E-state index contributed by atoms with van der Waals surface area (Å²) in [5.74, 6) is 0. The number of nitrogens with one attached hydrogen (secondary N) is 1. The molecule has 0 saturated heterocycles. The summed E-state index contributed by atoms with van der Waals surface area (Å²) in [5, 5.41) is 2.52. The number of halogens is 4. The second-order valence-corrected chi connectivity index (χ2v) is 4.32. The Balaban J connectivity index is 2.73. The van der Waals surface area contributed by atoms with Crippen LogP contribution in [-0.2, 0) is 15.7 Å². The van der Waals surface area contributed by atoms with Crippen molar-refractivity contribution in [2.75, 3.05) is 25.1 Å². The van der Waals surface area contributed by atoms with Crippen LogP contribution in [0, 0.1) is 0 Å². The van der Waals surface area contributed by atoms with Gasteiger partial charge in [-0.05, 0) is 32.0 Å². The fourth-order valence-corrected chi connectivity index (χ4v) is 1.82. The highest BCUT2D eigenvalue weighted by atomic mass is 35.5. The molecule has 0 aliphatic rings. The first kappa shape index (κ1) is 17.1. The predicted molar refractivity (Wildman–Crippen MR) is 72.0 cm³/mol. The van der Waals surface area contributed by atoms with E-state index in [4.69, 9.17) is 21.1 Å². The molecule has 20 heavy (non-hydrogen) atoms. The lowest BCUT2D eigenvalue weighted by Gasteiger charge is -2.18. The van der Waals surface area contributed by atoms with Crippen molar-refractivity contribution in [3.8, 4) is 0 Å². The lowest BCUT2D eigenvalue weighted by molar-refractivity contribution is -0.137. The summed E-state index contributed by atoms with van der Waals surface area (Å²) in [4.78, 5) is 0. The Hall–Kier alpha value is -0.980. The summed E-state index contributed by atoms with van der Waals surface area (Å²) in [6, 6.07) is 3.66. The fraction of sp³-hybridized carbons (Fsp3) is 0.538. The topological polar surface area (TPSA) is 30.5 Å². The third-order valence-corrected chi connectivity index (χ3v) is 2.78. The molecule has 0 aromatic heterocycles. The maximum absolute atomic E-state index is 12.7. The van der Waals surface area contributed by atoms with Gasteiger partial charge in [0, 0.05) is 18.9 Å². The maximum Gasteiger partial charge on any atom is 0.417 e. The van der Waals surface area contributed by atoms with Crippen molar-refractivity contribution >= 4 is 17.3 Å². The monoisotopic (exact) mass is 311 g/mol. The van der Waals surface area contributed by atoms with E-state index in [2.05, 4.69) is 5.32 Å². The van der Waals surface area contributed by atoms with Gasteiger partial charge in [-0.3, -0.25) is 0 Å². The Morgan fingerprint density at radius 3 is 2.30 bits per heavy atom. The van der Waals surface area contributed by atoms with E-state index in [1.165, 1.54) is 12.1 Å². The fourth-order valence-electron chi connectivity index (χ4n) is 1.59. The van der Waals surface area contributed by atoms with Gasteiger partial charge in [0.2, 0.25) is 0 Å². The van der Waals surface area contributed by atoms with Crippen molar-refractivity contribution in [3.05, 3.63) is 28.8 Å². The van der Waals surface area contributed by atoms with Crippen molar-refractivity contribution < 1.29 is 22.6 Å². The highest BCUT2D eigenvalue weighted by Crippen LogP contribution is 2.36. The van der Waals surface area contributed by atoms with Crippen molar-refractivity contribution in [1.82, 2.24) is 0 Å². The van der Waals surface area contributed by atoms with Crippen LogP contribution >= 0.6 is 11.6 Å². The molecule has 0 spiro atoms. The van der Waals surface area contributed by atoms with Gasteiger partial charge in [0.1, 0.15) is 0 Å². The van der Waals surface area contributed by atoms with Crippen LogP contribution in [0.25, 0.3) is 0 Å². The molecule has 3 nitrogen and oxygen atoms in total. The predicted octanol–water partition coefficient (Wildman–Crippen LogP) is 4.17. The second kappa shape index (κ2) is 7.71. The molecule has 0 fully saturated rings. The summed E-state index contributed by atoms with van der Waals surface area (Å²) in [5.41, 5.74) is -0.556. The summed E-state index contributed by atoms with van der Waals surface area (Å²) in [6.45, 7) is 4.80. The summed E-state index contributed by atoms with van der Waals surface area (Å²) < 4.78 is 48.7. The van der Waals surface area contributed by atoms with Gasteiger partial charge in [0.15, 0.2) is 6.29 Å². The number of benzene rings is 1. The third kappa shape index (κ3) is 5.19. The van der Waals surface area contributed by atoms with Gasteiger partial charge < -0.3 is 14.8 Å². The number of rotatable bonds is 7. The molecule has 1 aromatic carbocycles. The highest BCUT2D eigenvalue weighted by molar-refractivity contribution is 6.31. The van der Waals surface area contributed by atoms with Crippen molar-refractivity contribution in [3.63, 3.8) is 0 Å². The van der Waals surface area contributed by atoms with Gasteiger partial charge in [-0.25, -0.2) is 0 Å². The molecule has 114 valence electrons. The van der Waals surface area contributed by atoms with E-state index < -0.39 is 18.0 Å². The highest BCUT2D eigenvalue weighted by Gasteiger charge is 2.33. The van der Waals surface area contributed by atoms with Crippen LogP contribution in [0.5, 0.6) is 0 Å². The first-order chi connectivity index (χ1) is 9.38. The van der Waals surface area contributed by atoms with Crippen LogP contribution in [0.3, 0.4) is 0 Å². The standard InChI is InChI=1S/C13H17ClF3NO2/c1-3-19-12(20-4-2)8-18-9-5-6-11(14)10(7-9)13(15,16)17/h5-7,12,18H,3-4,8H2,1-2H3. The van der Waals surface area contributed by atoms with Gasteiger partial charge in [-0.15, -0.1) is 0 Å². The molecule has 0 amide bonds. The Morgan fingerprint density at radius 2 is 1.80 bits per heavy atom. The van der Waals surface area contributed by atoms with Crippen LogP contribution in [0.15, 0.2) is 18.2 Å². The Bertz CT molecular complexity index is 421. The quantitative estimate of drug-likeness (QED) is 0.767. The second-order valence-electron chi connectivity index (χ2n) is 3.91. The van der Waals surface area contributed by atoms with Gasteiger partial charge in [0.05, 0.1) is 17.1 Å². The van der Waals surface area contributed by atoms with Crippen molar-refractivity contribution in [2.24, 2.45) is 0 Å². The average Bonchev–Trinajstić information content (AvgIpc) is 2.36. The summed E-state index contributed by atoms with van der Waals surface area (Å²) in [7, 11) is 0. The summed E-state index contributed by atoms with van der Waals surface area (Å²) >= 11 is 5.55. The molecule has 7 heteroatoms. The third-order valence-electron chi connectivity index (χ3n) is 2.45. The Kier molecular flexibility index (Phi) is 6.58. The molecule has 0 saturated carbocycles. The van der Waals surface area contributed by atoms with Crippen LogP contribution in [0.4, 0.5) is 18.9 Å². The molecule has 0 atom stereocenters. The minimum Gasteiger partial charge on any atom is -0.380 e. The molecule has 0 aliphatic heterocycles. The zero-order chi connectivity index (χ0) is 15.2. The summed E-state index contributed by atoms with van der Waals surface area (Å²) in [6.07, 6.45) is -4.98. The molecule has 0 aliphatic carbocycles. The smallest absolute Gasteiger partial charge is 0.380 e. The molecule has 1 N–H and O–H groups in total. The molecule has 0 bridgehead atoms. The molecule has 0 unspecified atom stereocenters. The number of anilines is 1. The van der Waals surface area contributed by atoms with E-state index in [0.717, 1.165) is 6.07 Å². The van der Waals surface area contributed by atoms with Crippen LogP contribution in [0.2, 0.25) is 5.02 Å². The van der Waals surface area contributed by atoms with E-state index in [1.54, 1.807) is 0 Å². The Morgan fingerprint density at radius 1 is 1.20 bits per heavy atom. The molecule has 0 heterocycles. The zero-order valence-electron chi connectivity index (χ0n) is 11.3. The normalized spacial score (nSPS) is 11.9. The van der Waals surface area contributed by atoms with E-state index in [-0.39, 0.29) is 11.6 Å². The van der Waals surface area contributed by atoms with Crippen LogP contribution in [0.1, 0.15) is 19.4 Å². The lowest BCUT2D eigenvalue weighted by atomic mass is 10.2. The van der Waals surface area contributed by atoms with Gasteiger partial charge in [-0.1, -0.05) is 11.6 Å². The molecular formula is C13H17ClF3NO2. The van der Waals surface area contributed by atoms with E-state index in [0.29, 0.717) is 18.9 Å². The van der Waals surface area contributed by atoms with Crippen molar-refractivity contribution in [1.29, 1.82) is 0 Å². The first-order valence-electron chi connectivity index (χ1n) is 6.22. The lowest BCUT2D eigenvalue weighted by Crippen LogP contribution is -2.26. The first-order valence-corrected chi connectivity index (χ1v) is 6.60. The maximum atomic E-state index is 12.7. The molecular weight excluding hydrogens is 295 g/mol. The van der Waals surface area contributed by atoms with Gasteiger partial charge in [0.25, 0.3) is 0 Å². The molecule has 1 rings (SSSR count). The minimum absolute atomic E-state index is 0.251. The average molecular weight is 312 g/mol. The van der Waals surface area contributed by atoms with Crippen LogP contribution < -0.4 is 5.32 Å². The zero-order valence-corrected chi connectivity index (χ0v) is 12.0. The van der Waals surface area contributed by atoms with Gasteiger partial charge >= 0.3 is 6.18 Å². The largest absolute Gasteiger partial charge is 0.417 e. The number of alkyl halides is 3. The number of hydrogen-bond donors (Lipinski definition) is 1. The SMILES string of the molecule is CCOC(CNc1ccc(Cl)c(C(F)(F)F)c1)OCC. The van der Waals surface area contributed by atoms with Crippen LogP contribution in [-0.4, -0.2) is 26.0 Å². The van der Waals surface area contributed by atoms with E-state index in [1.807, 2.05) is 13.8 Å². The Labute approximate surface area is 121 Å². The van der Waals surface area contributed by atoms with E-state index in [9.17, 15) is 13.2 Å². The minimum atomic E-state index is -4.48. The van der Waals surface area contributed by atoms with E-state index >= 15 is 0 Å². The number of hydrogen-bond acceptors (Lipinski definition) is 3. The van der Waals surface area contributed by atoms with Crippen molar-refractivity contribution in [2.45, 2.75) is 26.3 Å².